The number of hydrogen-bond acceptors (Lipinski definition) is 2. The zero-order valence-corrected chi connectivity index (χ0v) is 11.6. The summed E-state index contributed by atoms with van der Waals surface area (Å²) in [5.74, 6) is 0.0150. The van der Waals surface area contributed by atoms with Crippen LogP contribution < -0.4 is 10.6 Å². The molecule has 1 aliphatic rings. The topological polar surface area (TPSA) is 58.2 Å². The molecule has 0 saturated heterocycles. The van der Waals surface area contributed by atoms with Crippen LogP contribution in [-0.4, -0.2) is 17.9 Å². The molecule has 4 nitrogen and oxygen atoms in total. The fourth-order valence-electron chi connectivity index (χ4n) is 2.25. The van der Waals surface area contributed by atoms with Crippen LogP contribution in [0.25, 0.3) is 0 Å². The van der Waals surface area contributed by atoms with E-state index in [1.165, 1.54) is 6.92 Å². The number of amides is 2. The highest BCUT2D eigenvalue weighted by atomic mass is 16.2. The van der Waals surface area contributed by atoms with Gasteiger partial charge in [-0.3, -0.25) is 9.59 Å². The molecule has 1 aromatic rings. The van der Waals surface area contributed by atoms with E-state index in [-0.39, 0.29) is 23.3 Å². The molecule has 0 bridgehead atoms. The van der Waals surface area contributed by atoms with E-state index in [0.29, 0.717) is 0 Å². The normalized spacial score (nSPS) is 16.0. The summed E-state index contributed by atoms with van der Waals surface area (Å²) in [7, 11) is 0. The van der Waals surface area contributed by atoms with E-state index in [4.69, 9.17) is 0 Å². The van der Waals surface area contributed by atoms with Gasteiger partial charge in [0.05, 0.1) is 5.41 Å². The molecule has 19 heavy (non-hydrogen) atoms. The summed E-state index contributed by atoms with van der Waals surface area (Å²) in [5.41, 5.74) is 1.44. The van der Waals surface area contributed by atoms with Gasteiger partial charge in [-0.1, -0.05) is 12.1 Å². The highest BCUT2D eigenvalue weighted by molar-refractivity contribution is 5.92. The van der Waals surface area contributed by atoms with Gasteiger partial charge < -0.3 is 10.6 Å². The Morgan fingerprint density at radius 1 is 1.16 bits per heavy atom. The maximum absolute atomic E-state index is 12.2. The van der Waals surface area contributed by atoms with E-state index >= 15 is 0 Å². The molecule has 0 atom stereocenters. The van der Waals surface area contributed by atoms with Gasteiger partial charge in [0.2, 0.25) is 11.8 Å². The maximum atomic E-state index is 12.2. The van der Waals surface area contributed by atoms with Crippen LogP contribution in [0.15, 0.2) is 24.3 Å². The maximum Gasteiger partial charge on any atom is 0.230 e. The van der Waals surface area contributed by atoms with Crippen LogP contribution in [0, 0.1) is 0 Å². The Morgan fingerprint density at radius 3 is 2.16 bits per heavy atom. The molecule has 1 fully saturated rings. The highest BCUT2D eigenvalue weighted by Crippen LogP contribution is 2.48. The average Bonchev–Trinajstić information content (AvgIpc) is 3.09. The largest absolute Gasteiger partial charge is 0.353 e. The van der Waals surface area contributed by atoms with Crippen molar-refractivity contribution in [3.05, 3.63) is 29.8 Å². The first-order valence-electron chi connectivity index (χ1n) is 6.63. The Hall–Kier alpha value is -1.84. The molecule has 102 valence electrons. The van der Waals surface area contributed by atoms with Crippen molar-refractivity contribution in [2.45, 2.75) is 45.1 Å². The molecule has 1 aromatic carbocycles. The fraction of sp³-hybridized carbons (Fsp3) is 0.467. The van der Waals surface area contributed by atoms with Gasteiger partial charge in [-0.15, -0.1) is 0 Å². The molecule has 0 unspecified atom stereocenters. The van der Waals surface area contributed by atoms with Crippen LogP contribution in [0.5, 0.6) is 0 Å². The molecule has 4 heteroatoms. The van der Waals surface area contributed by atoms with Gasteiger partial charge >= 0.3 is 0 Å². The third-order valence-corrected chi connectivity index (χ3v) is 3.36. The number of carbonyl (C=O) groups is 2. The van der Waals surface area contributed by atoms with Crippen molar-refractivity contribution in [3.63, 3.8) is 0 Å². The van der Waals surface area contributed by atoms with Gasteiger partial charge in [-0.05, 0) is 44.4 Å². The first-order chi connectivity index (χ1) is 8.94. The Labute approximate surface area is 113 Å². The summed E-state index contributed by atoms with van der Waals surface area (Å²) in [4.78, 5) is 23.2. The lowest BCUT2D eigenvalue weighted by atomic mass is 9.94. The van der Waals surface area contributed by atoms with E-state index < -0.39 is 0 Å². The lowest BCUT2D eigenvalue weighted by Crippen LogP contribution is -2.38. The van der Waals surface area contributed by atoms with Gasteiger partial charge in [0.25, 0.3) is 0 Å². The van der Waals surface area contributed by atoms with Crippen molar-refractivity contribution in [2.75, 3.05) is 5.32 Å². The van der Waals surface area contributed by atoms with Crippen molar-refractivity contribution in [2.24, 2.45) is 0 Å². The minimum atomic E-state index is -0.348. The lowest BCUT2D eigenvalue weighted by Gasteiger charge is -2.18. The Morgan fingerprint density at radius 2 is 1.74 bits per heavy atom. The van der Waals surface area contributed by atoms with Gasteiger partial charge in [0.1, 0.15) is 0 Å². The molecule has 2 rings (SSSR count). The van der Waals surface area contributed by atoms with Crippen LogP contribution in [0.3, 0.4) is 0 Å². The molecule has 1 aliphatic carbocycles. The van der Waals surface area contributed by atoms with Gasteiger partial charge in [-0.25, -0.2) is 0 Å². The molecule has 1 saturated carbocycles. The van der Waals surface area contributed by atoms with Crippen LogP contribution in [0.2, 0.25) is 0 Å². The standard InChI is InChI=1S/C15H20N2O2/c1-10(2)16-14(19)15(8-9-15)12-4-6-13(7-5-12)17-11(3)18/h4-7,10H,8-9H2,1-3H3,(H,16,19)(H,17,18). The molecule has 0 heterocycles. The van der Waals surface area contributed by atoms with Crippen molar-refractivity contribution < 1.29 is 9.59 Å². The predicted octanol–water partition coefficient (Wildman–Crippen LogP) is 2.20. The van der Waals surface area contributed by atoms with Crippen molar-refractivity contribution >= 4 is 17.5 Å². The molecule has 0 aromatic heterocycles. The summed E-state index contributed by atoms with van der Waals surface area (Å²) in [6.45, 7) is 5.41. The molecule has 2 N–H and O–H groups in total. The first kappa shape index (κ1) is 13.6. The third kappa shape index (κ3) is 2.95. The third-order valence-electron chi connectivity index (χ3n) is 3.36. The quantitative estimate of drug-likeness (QED) is 0.872. The van der Waals surface area contributed by atoms with E-state index in [9.17, 15) is 9.59 Å². The fourth-order valence-corrected chi connectivity index (χ4v) is 2.25. The van der Waals surface area contributed by atoms with Crippen molar-refractivity contribution in [1.29, 1.82) is 0 Å². The Balaban J connectivity index is 2.13. The Kier molecular flexibility index (Phi) is 3.60. The molecule has 0 spiro atoms. The van der Waals surface area contributed by atoms with Crippen LogP contribution in [0.4, 0.5) is 5.69 Å². The average molecular weight is 260 g/mol. The molecular weight excluding hydrogens is 240 g/mol. The van der Waals surface area contributed by atoms with Gasteiger partial charge in [-0.2, -0.15) is 0 Å². The zero-order chi connectivity index (χ0) is 14.0. The second-order valence-corrected chi connectivity index (χ2v) is 5.47. The molecule has 0 aliphatic heterocycles. The summed E-state index contributed by atoms with van der Waals surface area (Å²) >= 11 is 0. The van der Waals surface area contributed by atoms with Gasteiger partial charge in [0, 0.05) is 18.7 Å². The first-order valence-corrected chi connectivity index (χ1v) is 6.63. The SMILES string of the molecule is CC(=O)Nc1ccc(C2(C(=O)NC(C)C)CC2)cc1. The minimum Gasteiger partial charge on any atom is -0.353 e. The minimum absolute atomic E-state index is 0.0913. The molecular formula is C15H20N2O2. The second kappa shape index (κ2) is 5.03. The summed E-state index contributed by atoms with van der Waals surface area (Å²) in [5, 5.41) is 5.71. The van der Waals surface area contributed by atoms with E-state index in [2.05, 4.69) is 10.6 Å². The van der Waals surface area contributed by atoms with E-state index in [1.807, 2.05) is 38.1 Å². The summed E-state index contributed by atoms with van der Waals surface area (Å²) < 4.78 is 0. The lowest BCUT2D eigenvalue weighted by molar-refractivity contribution is -0.124. The number of nitrogens with one attached hydrogen (secondary N) is 2. The highest BCUT2D eigenvalue weighted by Gasteiger charge is 2.51. The van der Waals surface area contributed by atoms with Crippen LogP contribution in [0.1, 0.15) is 39.2 Å². The Bertz CT molecular complexity index is 487. The predicted molar refractivity (Wildman–Crippen MR) is 74.9 cm³/mol. The van der Waals surface area contributed by atoms with Gasteiger partial charge in [0.15, 0.2) is 0 Å². The second-order valence-electron chi connectivity index (χ2n) is 5.47. The van der Waals surface area contributed by atoms with Crippen LogP contribution >= 0.6 is 0 Å². The number of anilines is 1. The summed E-state index contributed by atoms with van der Waals surface area (Å²) in [6.07, 6.45) is 1.79. The van der Waals surface area contributed by atoms with Crippen molar-refractivity contribution in [1.82, 2.24) is 5.32 Å². The molecule has 2 amide bonds. The number of benzene rings is 1. The number of hydrogen-bond donors (Lipinski definition) is 2. The van der Waals surface area contributed by atoms with Crippen molar-refractivity contribution in [3.8, 4) is 0 Å². The van der Waals surface area contributed by atoms with E-state index in [0.717, 1.165) is 24.1 Å². The molecule has 0 radical (unpaired) electrons. The van der Waals surface area contributed by atoms with E-state index in [1.54, 1.807) is 0 Å². The monoisotopic (exact) mass is 260 g/mol. The zero-order valence-electron chi connectivity index (χ0n) is 11.6. The smallest absolute Gasteiger partial charge is 0.230 e. The van der Waals surface area contributed by atoms with Crippen LogP contribution in [-0.2, 0) is 15.0 Å². The summed E-state index contributed by atoms with van der Waals surface area (Å²) in [6, 6.07) is 7.71. The number of carbonyl (C=O) groups excluding carboxylic acids is 2. The number of rotatable bonds is 4.